The van der Waals surface area contributed by atoms with Gasteiger partial charge in [-0.3, -0.25) is 0 Å². The van der Waals surface area contributed by atoms with Gasteiger partial charge in [0.2, 0.25) is 0 Å². The Labute approximate surface area is 353 Å². The summed E-state index contributed by atoms with van der Waals surface area (Å²) < 4.78 is 0. The summed E-state index contributed by atoms with van der Waals surface area (Å²) in [7, 11) is 0. The van der Waals surface area contributed by atoms with Crippen LogP contribution in [0.3, 0.4) is 0 Å². The van der Waals surface area contributed by atoms with Gasteiger partial charge < -0.3 is 4.90 Å². The topological polar surface area (TPSA) is 3.24 Å². The molecule has 1 saturated carbocycles. The van der Waals surface area contributed by atoms with Gasteiger partial charge in [-0.1, -0.05) is 207 Å². The fourth-order valence-corrected chi connectivity index (χ4v) is 10.3. The molecule has 0 radical (unpaired) electrons. The lowest BCUT2D eigenvalue weighted by Gasteiger charge is -2.30. The number of fused-ring (bicyclic) bond motifs is 5. The van der Waals surface area contributed by atoms with Crippen molar-refractivity contribution in [3.8, 4) is 66.8 Å². The molecule has 11 rings (SSSR count). The number of hydrogen-bond acceptors (Lipinski definition) is 1. The van der Waals surface area contributed by atoms with Crippen LogP contribution in [0.5, 0.6) is 0 Å². The zero-order valence-corrected chi connectivity index (χ0v) is 33.6. The predicted molar refractivity (Wildman–Crippen MR) is 253 cm³/mol. The van der Waals surface area contributed by atoms with Crippen LogP contribution < -0.4 is 4.90 Å². The van der Waals surface area contributed by atoms with Crippen LogP contribution in [0.1, 0.15) is 36.8 Å². The van der Waals surface area contributed by atoms with Crippen molar-refractivity contribution < 1.29 is 0 Å². The highest BCUT2D eigenvalue weighted by molar-refractivity contribution is 5.98. The van der Waals surface area contributed by atoms with E-state index >= 15 is 0 Å². The largest absolute Gasteiger partial charge is 0.310 e. The molecule has 1 fully saturated rings. The normalized spacial score (nSPS) is 13.5. The monoisotopic (exact) mass is 767 g/mol. The van der Waals surface area contributed by atoms with E-state index < -0.39 is 0 Å². The molecule has 9 aromatic carbocycles. The standard InChI is InChI=1S/C59H45N/c1-3-17-42(18-4-1)43-29-31-44(32-30-43)45-33-35-47(36-34-45)60(48-37-38-57-55(41-48)53-25-11-13-27-56(53)59(57)39-15-16-40-59)58-28-14-12-26-54(58)52-24-10-9-23-51(52)50-22-8-7-21-49(50)46-19-5-2-6-20-46/h1-14,17-38,41H,15-16,39-40H2. The molecular formula is C59H45N. The third-order valence-electron chi connectivity index (χ3n) is 13.1. The lowest BCUT2D eigenvalue weighted by Crippen LogP contribution is -2.20. The average Bonchev–Trinajstić information content (AvgIpc) is 3.93. The van der Waals surface area contributed by atoms with Crippen LogP contribution >= 0.6 is 0 Å². The van der Waals surface area contributed by atoms with Crippen LogP contribution in [-0.2, 0) is 5.41 Å². The van der Waals surface area contributed by atoms with Gasteiger partial charge in [-0.25, -0.2) is 0 Å². The molecule has 9 aromatic rings. The maximum Gasteiger partial charge on any atom is 0.0540 e. The van der Waals surface area contributed by atoms with E-state index in [1.54, 1.807) is 0 Å². The Balaban J connectivity index is 1.07. The highest BCUT2D eigenvalue weighted by Crippen LogP contribution is 2.58. The van der Waals surface area contributed by atoms with Crippen LogP contribution in [0, 0.1) is 0 Å². The van der Waals surface area contributed by atoms with Crippen molar-refractivity contribution in [1.29, 1.82) is 0 Å². The Bertz CT molecular complexity index is 2960. The first kappa shape index (κ1) is 35.9. The van der Waals surface area contributed by atoms with Gasteiger partial charge in [0, 0.05) is 22.4 Å². The van der Waals surface area contributed by atoms with E-state index in [0.29, 0.717) is 0 Å². The van der Waals surface area contributed by atoms with Crippen molar-refractivity contribution in [2.45, 2.75) is 31.1 Å². The molecule has 1 spiro atoms. The lowest BCUT2D eigenvalue weighted by atomic mass is 9.77. The molecule has 0 atom stereocenters. The molecule has 0 N–H and O–H groups in total. The van der Waals surface area contributed by atoms with Gasteiger partial charge in [-0.15, -0.1) is 0 Å². The highest BCUT2D eigenvalue weighted by atomic mass is 15.1. The average molecular weight is 768 g/mol. The zero-order chi connectivity index (χ0) is 39.9. The molecule has 0 amide bonds. The molecule has 60 heavy (non-hydrogen) atoms. The first-order chi connectivity index (χ1) is 29.7. The van der Waals surface area contributed by atoms with E-state index in [2.05, 4.69) is 229 Å². The van der Waals surface area contributed by atoms with Gasteiger partial charge in [0.1, 0.15) is 0 Å². The summed E-state index contributed by atoms with van der Waals surface area (Å²) in [4.78, 5) is 2.49. The van der Waals surface area contributed by atoms with Crippen molar-refractivity contribution in [1.82, 2.24) is 0 Å². The summed E-state index contributed by atoms with van der Waals surface area (Å²) >= 11 is 0. The fraction of sp³-hybridized carbons (Fsp3) is 0.0847. The molecule has 286 valence electrons. The number of benzene rings is 9. The summed E-state index contributed by atoms with van der Waals surface area (Å²) in [6.45, 7) is 0. The molecule has 0 saturated heterocycles. The summed E-state index contributed by atoms with van der Waals surface area (Å²) in [5.41, 5.74) is 21.4. The molecule has 1 heteroatoms. The molecule has 2 aliphatic carbocycles. The number of rotatable bonds is 8. The summed E-state index contributed by atoms with van der Waals surface area (Å²) in [5.74, 6) is 0. The Hall–Kier alpha value is -7.22. The van der Waals surface area contributed by atoms with Crippen LogP contribution in [0.25, 0.3) is 66.8 Å². The smallest absolute Gasteiger partial charge is 0.0540 e. The molecule has 0 unspecified atom stereocenters. The van der Waals surface area contributed by atoms with Crippen LogP contribution in [0.4, 0.5) is 17.1 Å². The Morgan fingerprint density at radius 2 is 0.700 bits per heavy atom. The number of hydrogen-bond donors (Lipinski definition) is 0. The van der Waals surface area contributed by atoms with E-state index in [9.17, 15) is 0 Å². The Kier molecular flexibility index (Phi) is 9.09. The number of nitrogens with zero attached hydrogens (tertiary/aromatic N) is 1. The van der Waals surface area contributed by atoms with Crippen LogP contribution in [-0.4, -0.2) is 0 Å². The van der Waals surface area contributed by atoms with E-state index in [4.69, 9.17) is 0 Å². The summed E-state index contributed by atoms with van der Waals surface area (Å²) in [6, 6.07) is 82.7. The summed E-state index contributed by atoms with van der Waals surface area (Å²) in [5, 5.41) is 0. The molecule has 0 bridgehead atoms. The zero-order valence-electron chi connectivity index (χ0n) is 33.6. The van der Waals surface area contributed by atoms with E-state index in [1.807, 2.05) is 0 Å². The van der Waals surface area contributed by atoms with Crippen LogP contribution in [0.2, 0.25) is 0 Å². The Morgan fingerprint density at radius 3 is 1.33 bits per heavy atom. The third-order valence-corrected chi connectivity index (χ3v) is 13.1. The molecular weight excluding hydrogens is 723 g/mol. The number of anilines is 3. The van der Waals surface area contributed by atoms with Gasteiger partial charge in [-0.05, 0) is 115 Å². The fourth-order valence-electron chi connectivity index (χ4n) is 10.3. The van der Waals surface area contributed by atoms with Crippen molar-refractivity contribution in [2.75, 3.05) is 4.90 Å². The minimum atomic E-state index is 0.121. The Morgan fingerprint density at radius 1 is 0.283 bits per heavy atom. The van der Waals surface area contributed by atoms with Crippen molar-refractivity contribution >= 4 is 17.1 Å². The highest BCUT2D eigenvalue weighted by Gasteiger charge is 2.45. The van der Waals surface area contributed by atoms with E-state index in [-0.39, 0.29) is 5.41 Å². The van der Waals surface area contributed by atoms with E-state index in [0.717, 1.165) is 17.1 Å². The minimum absolute atomic E-state index is 0.121. The third kappa shape index (κ3) is 6.17. The second-order valence-corrected chi connectivity index (χ2v) is 16.4. The van der Waals surface area contributed by atoms with Crippen molar-refractivity contribution in [2.24, 2.45) is 0 Å². The second kappa shape index (κ2) is 15.2. The van der Waals surface area contributed by atoms with Gasteiger partial charge in [-0.2, -0.15) is 0 Å². The second-order valence-electron chi connectivity index (χ2n) is 16.4. The summed E-state index contributed by atoms with van der Waals surface area (Å²) in [6.07, 6.45) is 5.00. The minimum Gasteiger partial charge on any atom is -0.310 e. The molecule has 0 heterocycles. The van der Waals surface area contributed by atoms with Gasteiger partial charge in [0.25, 0.3) is 0 Å². The first-order valence-corrected chi connectivity index (χ1v) is 21.4. The quantitative estimate of drug-likeness (QED) is 0.149. The van der Waals surface area contributed by atoms with Crippen molar-refractivity contribution in [3.05, 3.63) is 236 Å². The molecule has 2 aliphatic rings. The molecule has 0 aromatic heterocycles. The first-order valence-electron chi connectivity index (χ1n) is 21.4. The van der Waals surface area contributed by atoms with E-state index in [1.165, 1.54) is 104 Å². The van der Waals surface area contributed by atoms with Gasteiger partial charge in [0.05, 0.1) is 5.69 Å². The maximum atomic E-state index is 2.49. The van der Waals surface area contributed by atoms with Crippen LogP contribution in [0.15, 0.2) is 224 Å². The van der Waals surface area contributed by atoms with Gasteiger partial charge >= 0.3 is 0 Å². The molecule has 0 aliphatic heterocycles. The van der Waals surface area contributed by atoms with Crippen molar-refractivity contribution in [3.63, 3.8) is 0 Å². The number of para-hydroxylation sites is 1. The molecule has 1 nitrogen and oxygen atoms in total. The predicted octanol–water partition coefficient (Wildman–Crippen LogP) is 16.3. The lowest BCUT2D eigenvalue weighted by molar-refractivity contribution is 0.550. The SMILES string of the molecule is c1ccc(-c2ccc(-c3ccc(N(c4ccc5c(c4)-c4ccccc4C54CCCC4)c4ccccc4-c4ccccc4-c4ccccc4-c4ccccc4)cc3)cc2)cc1. The van der Waals surface area contributed by atoms with Gasteiger partial charge in [0.15, 0.2) is 0 Å². The maximum absolute atomic E-state index is 2.49.